The molecular formula is C23H27N3O3. The Balaban J connectivity index is 1.54. The SMILES string of the molecule is CCN1C[C@@]2(CCCN(C(=O)c3ccc(-c4ccccc4)[nH]c3=O)C2)CCC1=O. The molecule has 2 saturated heterocycles. The van der Waals surface area contributed by atoms with Crippen LogP contribution in [0.15, 0.2) is 47.3 Å². The highest BCUT2D eigenvalue weighted by molar-refractivity contribution is 5.94. The van der Waals surface area contributed by atoms with E-state index < -0.39 is 0 Å². The van der Waals surface area contributed by atoms with Crippen molar-refractivity contribution in [1.82, 2.24) is 14.8 Å². The molecule has 152 valence electrons. The fourth-order valence-electron chi connectivity index (χ4n) is 4.70. The van der Waals surface area contributed by atoms with Crippen LogP contribution in [0.5, 0.6) is 0 Å². The first kappa shape index (κ1) is 19.4. The topological polar surface area (TPSA) is 73.5 Å². The molecule has 4 rings (SSSR count). The predicted octanol–water partition coefficient (Wildman–Crippen LogP) is 2.91. The molecule has 29 heavy (non-hydrogen) atoms. The van der Waals surface area contributed by atoms with Crippen LogP contribution in [0, 0.1) is 5.41 Å². The quantitative estimate of drug-likeness (QED) is 0.871. The fraction of sp³-hybridized carbons (Fsp3) is 0.435. The zero-order valence-electron chi connectivity index (χ0n) is 16.8. The number of carbonyl (C=O) groups is 2. The van der Waals surface area contributed by atoms with Crippen molar-refractivity contribution in [3.63, 3.8) is 0 Å². The van der Waals surface area contributed by atoms with Crippen LogP contribution >= 0.6 is 0 Å². The highest BCUT2D eigenvalue weighted by Crippen LogP contribution is 2.39. The summed E-state index contributed by atoms with van der Waals surface area (Å²) in [4.78, 5) is 44.4. The Morgan fingerprint density at radius 1 is 1.07 bits per heavy atom. The molecule has 6 heteroatoms. The van der Waals surface area contributed by atoms with E-state index in [1.165, 1.54) is 0 Å². The van der Waals surface area contributed by atoms with Crippen LogP contribution in [-0.2, 0) is 4.79 Å². The summed E-state index contributed by atoms with van der Waals surface area (Å²) in [5.74, 6) is -0.0144. The van der Waals surface area contributed by atoms with E-state index in [0.717, 1.165) is 24.8 Å². The maximum absolute atomic E-state index is 13.1. The molecule has 0 radical (unpaired) electrons. The van der Waals surface area contributed by atoms with Crippen molar-refractivity contribution in [3.8, 4) is 11.3 Å². The number of aromatic amines is 1. The predicted molar refractivity (Wildman–Crippen MR) is 112 cm³/mol. The van der Waals surface area contributed by atoms with E-state index in [9.17, 15) is 14.4 Å². The van der Waals surface area contributed by atoms with Crippen molar-refractivity contribution in [2.45, 2.75) is 32.6 Å². The molecule has 1 atom stereocenters. The van der Waals surface area contributed by atoms with E-state index in [1.807, 2.05) is 42.2 Å². The monoisotopic (exact) mass is 393 g/mol. The van der Waals surface area contributed by atoms with Crippen molar-refractivity contribution in [2.24, 2.45) is 5.41 Å². The van der Waals surface area contributed by atoms with E-state index in [4.69, 9.17) is 0 Å². The molecule has 2 amide bonds. The number of benzene rings is 1. The molecule has 2 fully saturated rings. The average molecular weight is 393 g/mol. The number of hydrogen-bond acceptors (Lipinski definition) is 3. The van der Waals surface area contributed by atoms with Crippen molar-refractivity contribution < 1.29 is 9.59 Å². The Kier molecular flexibility index (Phi) is 5.26. The van der Waals surface area contributed by atoms with Gasteiger partial charge in [0.05, 0.1) is 0 Å². The number of hydrogen-bond donors (Lipinski definition) is 1. The summed E-state index contributed by atoms with van der Waals surface area (Å²) in [6.45, 7) is 4.66. The largest absolute Gasteiger partial charge is 0.342 e. The van der Waals surface area contributed by atoms with E-state index >= 15 is 0 Å². The number of carbonyl (C=O) groups excluding carboxylic acids is 2. The lowest BCUT2D eigenvalue weighted by Crippen LogP contribution is -2.55. The smallest absolute Gasteiger partial charge is 0.261 e. The van der Waals surface area contributed by atoms with Crippen LogP contribution < -0.4 is 5.56 Å². The third-order valence-electron chi connectivity index (χ3n) is 6.30. The lowest BCUT2D eigenvalue weighted by Gasteiger charge is -2.48. The number of nitrogens with one attached hydrogen (secondary N) is 1. The Morgan fingerprint density at radius 3 is 2.59 bits per heavy atom. The Bertz CT molecular complexity index is 969. The van der Waals surface area contributed by atoms with Gasteiger partial charge in [-0.2, -0.15) is 0 Å². The second-order valence-corrected chi connectivity index (χ2v) is 8.22. The van der Waals surface area contributed by atoms with Crippen molar-refractivity contribution in [3.05, 3.63) is 58.4 Å². The minimum atomic E-state index is -0.356. The van der Waals surface area contributed by atoms with Gasteiger partial charge in [0.1, 0.15) is 5.56 Å². The summed E-state index contributed by atoms with van der Waals surface area (Å²) in [5.41, 5.74) is 1.39. The first-order chi connectivity index (χ1) is 14.0. The molecule has 0 unspecified atom stereocenters. The third kappa shape index (κ3) is 3.84. The molecule has 6 nitrogen and oxygen atoms in total. The van der Waals surface area contributed by atoms with Crippen LogP contribution in [0.3, 0.4) is 0 Å². The van der Waals surface area contributed by atoms with Crippen LogP contribution in [0.4, 0.5) is 0 Å². The highest BCUT2D eigenvalue weighted by Gasteiger charge is 2.42. The summed E-state index contributed by atoms with van der Waals surface area (Å²) in [5, 5.41) is 0. The highest BCUT2D eigenvalue weighted by atomic mass is 16.2. The van der Waals surface area contributed by atoms with Gasteiger partial charge in [-0.05, 0) is 43.9 Å². The molecule has 1 N–H and O–H groups in total. The van der Waals surface area contributed by atoms with Crippen molar-refractivity contribution >= 4 is 11.8 Å². The number of amides is 2. The normalized spacial score (nSPS) is 22.2. The summed E-state index contributed by atoms with van der Waals surface area (Å²) < 4.78 is 0. The van der Waals surface area contributed by atoms with Gasteiger partial charge in [-0.25, -0.2) is 0 Å². The minimum absolute atomic E-state index is 0.0471. The zero-order chi connectivity index (χ0) is 20.4. The van der Waals surface area contributed by atoms with E-state index in [2.05, 4.69) is 4.98 Å². The molecule has 0 aliphatic carbocycles. The molecule has 2 aliphatic heterocycles. The number of aromatic nitrogens is 1. The van der Waals surface area contributed by atoms with E-state index in [0.29, 0.717) is 38.3 Å². The van der Waals surface area contributed by atoms with Gasteiger partial charge in [-0.1, -0.05) is 30.3 Å². The van der Waals surface area contributed by atoms with Gasteiger partial charge in [-0.15, -0.1) is 0 Å². The van der Waals surface area contributed by atoms with Gasteiger partial charge in [0, 0.05) is 43.7 Å². The molecule has 1 aromatic carbocycles. The molecule has 3 heterocycles. The summed E-state index contributed by atoms with van der Waals surface area (Å²) in [7, 11) is 0. The molecule has 2 aromatic rings. The summed E-state index contributed by atoms with van der Waals surface area (Å²) in [6, 6.07) is 13.0. The Labute approximate surface area is 170 Å². The second kappa shape index (κ2) is 7.85. The first-order valence-electron chi connectivity index (χ1n) is 10.4. The van der Waals surface area contributed by atoms with Gasteiger partial charge in [-0.3, -0.25) is 14.4 Å². The molecule has 2 aliphatic rings. The fourth-order valence-corrected chi connectivity index (χ4v) is 4.70. The maximum Gasteiger partial charge on any atom is 0.261 e. The molecule has 1 spiro atoms. The van der Waals surface area contributed by atoms with Crippen LogP contribution in [0.25, 0.3) is 11.3 Å². The molecule has 1 aromatic heterocycles. The molecule has 0 bridgehead atoms. The number of piperidine rings is 2. The van der Waals surface area contributed by atoms with Gasteiger partial charge in [0.25, 0.3) is 11.5 Å². The van der Waals surface area contributed by atoms with Gasteiger partial charge >= 0.3 is 0 Å². The average Bonchev–Trinajstić information content (AvgIpc) is 2.76. The van der Waals surface area contributed by atoms with Gasteiger partial charge < -0.3 is 14.8 Å². The van der Waals surface area contributed by atoms with Gasteiger partial charge in [0.15, 0.2) is 0 Å². The number of nitrogens with zero attached hydrogens (tertiary/aromatic N) is 2. The Hall–Kier alpha value is -2.89. The van der Waals surface area contributed by atoms with Gasteiger partial charge in [0.2, 0.25) is 5.91 Å². The minimum Gasteiger partial charge on any atom is -0.342 e. The van der Waals surface area contributed by atoms with Crippen LogP contribution in [0.1, 0.15) is 43.0 Å². The maximum atomic E-state index is 13.1. The summed E-state index contributed by atoms with van der Waals surface area (Å²) in [6.07, 6.45) is 3.28. The number of H-pyrrole nitrogens is 1. The lowest BCUT2D eigenvalue weighted by molar-refractivity contribution is -0.138. The van der Waals surface area contributed by atoms with E-state index in [-0.39, 0.29) is 28.4 Å². The second-order valence-electron chi connectivity index (χ2n) is 8.22. The molecular weight excluding hydrogens is 366 g/mol. The van der Waals surface area contributed by atoms with E-state index in [1.54, 1.807) is 17.0 Å². The standard InChI is InChI=1S/C23H27N3O3/c1-2-25-15-23(13-11-20(25)27)12-6-14-26(16-23)22(29)18-9-10-19(24-21(18)28)17-7-4-3-5-8-17/h3-5,7-10H,2,6,11-16H2,1H3,(H,24,28)/t23-/m1/s1. The van der Waals surface area contributed by atoms with Crippen molar-refractivity contribution in [2.75, 3.05) is 26.2 Å². The van der Waals surface area contributed by atoms with Crippen molar-refractivity contribution in [1.29, 1.82) is 0 Å². The number of pyridine rings is 1. The third-order valence-corrected chi connectivity index (χ3v) is 6.30. The number of likely N-dealkylation sites (tertiary alicyclic amines) is 2. The van der Waals surface area contributed by atoms with Crippen LogP contribution in [0.2, 0.25) is 0 Å². The number of rotatable bonds is 3. The Morgan fingerprint density at radius 2 is 1.86 bits per heavy atom. The first-order valence-corrected chi connectivity index (χ1v) is 10.4. The zero-order valence-corrected chi connectivity index (χ0v) is 16.8. The summed E-state index contributed by atoms with van der Waals surface area (Å²) >= 11 is 0. The van der Waals surface area contributed by atoms with Crippen LogP contribution in [-0.4, -0.2) is 52.8 Å². The molecule has 0 saturated carbocycles. The lowest BCUT2D eigenvalue weighted by atomic mass is 9.73.